The molecule has 1 atom stereocenters. The second kappa shape index (κ2) is 8.91. The lowest BCUT2D eigenvalue weighted by molar-refractivity contribution is -0.119. The lowest BCUT2D eigenvalue weighted by atomic mass is 10.1. The Balaban J connectivity index is 1.48. The van der Waals surface area contributed by atoms with E-state index in [0.29, 0.717) is 23.7 Å². The van der Waals surface area contributed by atoms with Crippen molar-refractivity contribution < 1.29 is 9.53 Å². The van der Waals surface area contributed by atoms with Crippen LogP contribution in [-0.4, -0.2) is 36.1 Å². The number of tetrazole rings is 1. The Morgan fingerprint density at radius 1 is 1.03 bits per heavy atom. The maximum atomic E-state index is 13.1. The molecule has 0 fully saturated rings. The predicted octanol–water partition coefficient (Wildman–Crippen LogP) is 2.99. The molecule has 0 radical (unpaired) electrons. The van der Waals surface area contributed by atoms with Gasteiger partial charge >= 0.3 is 6.01 Å². The second-order valence-corrected chi connectivity index (χ2v) is 6.52. The predicted molar refractivity (Wildman–Crippen MR) is 109 cm³/mol. The van der Waals surface area contributed by atoms with Crippen LogP contribution in [0.2, 0.25) is 0 Å². The number of aromatic nitrogens is 6. The van der Waals surface area contributed by atoms with Crippen LogP contribution in [0.15, 0.2) is 73.1 Å². The van der Waals surface area contributed by atoms with Crippen LogP contribution >= 0.6 is 0 Å². The number of benzene rings is 2. The third-order valence-corrected chi connectivity index (χ3v) is 4.40. The zero-order chi connectivity index (χ0) is 20.8. The fraction of sp³-hybridized carbons (Fsp3) is 0.143. The van der Waals surface area contributed by atoms with Crippen molar-refractivity contribution in [2.45, 2.75) is 19.4 Å². The molecule has 1 N–H and O–H groups in total. The van der Waals surface area contributed by atoms with Gasteiger partial charge in [-0.3, -0.25) is 4.79 Å². The summed E-state index contributed by atoms with van der Waals surface area (Å²) in [6.07, 6.45) is 3.67. The number of hydrogen-bond acceptors (Lipinski definition) is 7. The molecule has 1 amide bonds. The van der Waals surface area contributed by atoms with Gasteiger partial charge in [0.2, 0.25) is 5.91 Å². The van der Waals surface area contributed by atoms with E-state index in [0.717, 1.165) is 5.56 Å². The van der Waals surface area contributed by atoms with E-state index in [1.807, 2.05) is 30.3 Å². The van der Waals surface area contributed by atoms with E-state index in [-0.39, 0.29) is 11.9 Å². The molecule has 9 nitrogen and oxygen atoms in total. The number of aryl methyl sites for hydroxylation is 1. The van der Waals surface area contributed by atoms with E-state index in [2.05, 4.69) is 30.8 Å². The van der Waals surface area contributed by atoms with E-state index in [4.69, 9.17) is 4.74 Å². The van der Waals surface area contributed by atoms with Crippen molar-refractivity contribution in [3.05, 3.63) is 84.4 Å². The highest BCUT2D eigenvalue weighted by Gasteiger charge is 2.24. The minimum Gasteiger partial charge on any atom is -0.424 e. The molecule has 2 aromatic heterocycles. The van der Waals surface area contributed by atoms with Crippen LogP contribution in [0.1, 0.15) is 17.4 Å². The van der Waals surface area contributed by atoms with Gasteiger partial charge in [0.1, 0.15) is 17.6 Å². The summed E-state index contributed by atoms with van der Waals surface area (Å²) in [5.41, 5.74) is 1.64. The minimum absolute atomic E-state index is 0.214. The summed E-state index contributed by atoms with van der Waals surface area (Å²) in [5, 5.41) is 14.5. The topological polar surface area (TPSA) is 108 Å². The summed E-state index contributed by atoms with van der Waals surface area (Å²) in [6, 6.07) is 18.1. The first-order chi connectivity index (χ1) is 14.7. The van der Waals surface area contributed by atoms with Crippen LogP contribution in [0.5, 0.6) is 11.8 Å². The van der Waals surface area contributed by atoms with Crippen molar-refractivity contribution in [2.24, 2.45) is 0 Å². The number of nitrogens with zero attached hydrogens (tertiary/aromatic N) is 6. The molecule has 4 rings (SSSR count). The first kappa shape index (κ1) is 19.2. The standard InChI is InChI=1S/C21H19N7O2/c1-15-25-26-27-28(15)19(14-16-6-3-2-4-7-16)20(29)24-17-8-10-18(11-9-17)30-21-22-12-5-13-23-21/h2-13,19H,14H2,1H3,(H,24,29)/t19-/m1/s1. The number of nitrogens with one attached hydrogen (secondary N) is 1. The molecule has 2 heterocycles. The number of hydrogen-bond donors (Lipinski definition) is 1. The summed E-state index contributed by atoms with van der Waals surface area (Å²) >= 11 is 0. The van der Waals surface area contributed by atoms with E-state index in [1.54, 1.807) is 49.6 Å². The molecule has 0 aliphatic rings. The van der Waals surface area contributed by atoms with Gasteiger partial charge in [0.15, 0.2) is 0 Å². The molecular weight excluding hydrogens is 382 g/mol. The third kappa shape index (κ3) is 4.64. The van der Waals surface area contributed by atoms with Gasteiger partial charge < -0.3 is 10.1 Å². The molecule has 0 spiro atoms. The monoisotopic (exact) mass is 401 g/mol. The highest BCUT2D eigenvalue weighted by molar-refractivity contribution is 5.93. The molecule has 0 saturated heterocycles. The average Bonchev–Trinajstić information content (AvgIpc) is 3.20. The molecule has 4 aromatic rings. The van der Waals surface area contributed by atoms with Gasteiger partial charge in [0.05, 0.1) is 0 Å². The normalized spacial score (nSPS) is 11.6. The van der Waals surface area contributed by atoms with Gasteiger partial charge in [-0.2, -0.15) is 0 Å². The van der Waals surface area contributed by atoms with Gasteiger partial charge in [-0.25, -0.2) is 14.6 Å². The van der Waals surface area contributed by atoms with Crippen molar-refractivity contribution in [1.82, 2.24) is 30.2 Å². The molecule has 0 unspecified atom stereocenters. The molecule has 0 saturated carbocycles. The largest absolute Gasteiger partial charge is 0.424 e. The van der Waals surface area contributed by atoms with Crippen molar-refractivity contribution in [1.29, 1.82) is 0 Å². The smallest absolute Gasteiger partial charge is 0.321 e. The Kier molecular flexibility index (Phi) is 5.70. The summed E-state index contributed by atoms with van der Waals surface area (Å²) in [6.45, 7) is 1.77. The molecule has 0 aliphatic heterocycles. The molecule has 2 aromatic carbocycles. The summed E-state index contributed by atoms with van der Waals surface area (Å²) in [7, 11) is 0. The maximum Gasteiger partial charge on any atom is 0.321 e. The number of rotatable bonds is 7. The Hall–Kier alpha value is -4.14. The summed E-state index contributed by atoms with van der Waals surface area (Å²) in [5.74, 6) is 0.920. The maximum absolute atomic E-state index is 13.1. The number of carbonyl (C=O) groups is 1. The molecule has 9 heteroatoms. The number of amides is 1. The van der Waals surface area contributed by atoms with E-state index >= 15 is 0 Å². The number of ether oxygens (including phenoxy) is 1. The van der Waals surface area contributed by atoms with Crippen LogP contribution in [0.4, 0.5) is 5.69 Å². The molecule has 0 aliphatic carbocycles. The highest BCUT2D eigenvalue weighted by Crippen LogP contribution is 2.22. The first-order valence-corrected chi connectivity index (χ1v) is 9.33. The Morgan fingerprint density at radius 3 is 2.43 bits per heavy atom. The summed E-state index contributed by atoms with van der Waals surface area (Å²) < 4.78 is 7.11. The van der Waals surface area contributed by atoms with E-state index < -0.39 is 6.04 Å². The van der Waals surface area contributed by atoms with Crippen LogP contribution in [0, 0.1) is 6.92 Å². The number of carbonyl (C=O) groups excluding carboxylic acids is 1. The Labute approximate surface area is 172 Å². The second-order valence-electron chi connectivity index (χ2n) is 6.52. The van der Waals surface area contributed by atoms with Gasteiger partial charge in [0, 0.05) is 24.5 Å². The van der Waals surface area contributed by atoms with E-state index in [1.165, 1.54) is 4.68 Å². The van der Waals surface area contributed by atoms with Crippen LogP contribution < -0.4 is 10.1 Å². The molecular formula is C21H19N7O2. The quantitative estimate of drug-likeness (QED) is 0.507. The Bertz CT molecular complexity index is 1100. The fourth-order valence-electron chi connectivity index (χ4n) is 2.93. The van der Waals surface area contributed by atoms with Crippen molar-refractivity contribution in [3.8, 4) is 11.8 Å². The fourth-order valence-corrected chi connectivity index (χ4v) is 2.93. The van der Waals surface area contributed by atoms with Crippen LogP contribution in [-0.2, 0) is 11.2 Å². The minimum atomic E-state index is -0.587. The highest BCUT2D eigenvalue weighted by atomic mass is 16.5. The molecule has 150 valence electrons. The third-order valence-electron chi connectivity index (χ3n) is 4.40. The van der Waals surface area contributed by atoms with Crippen molar-refractivity contribution >= 4 is 11.6 Å². The lowest BCUT2D eigenvalue weighted by Gasteiger charge is -2.18. The average molecular weight is 401 g/mol. The van der Waals surface area contributed by atoms with Gasteiger partial charge in [-0.1, -0.05) is 30.3 Å². The van der Waals surface area contributed by atoms with Gasteiger partial charge in [-0.15, -0.1) is 5.10 Å². The van der Waals surface area contributed by atoms with Crippen molar-refractivity contribution in [2.75, 3.05) is 5.32 Å². The molecule has 30 heavy (non-hydrogen) atoms. The van der Waals surface area contributed by atoms with Crippen molar-refractivity contribution in [3.63, 3.8) is 0 Å². The van der Waals surface area contributed by atoms with Gasteiger partial charge in [-0.05, 0) is 53.2 Å². The SMILES string of the molecule is Cc1nnnn1[C@H](Cc1ccccc1)C(=O)Nc1ccc(Oc2ncccn2)cc1. The zero-order valence-electron chi connectivity index (χ0n) is 16.2. The summed E-state index contributed by atoms with van der Waals surface area (Å²) in [4.78, 5) is 21.1. The molecule has 0 bridgehead atoms. The lowest BCUT2D eigenvalue weighted by Crippen LogP contribution is -2.29. The first-order valence-electron chi connectivity index (χ1n) is 9.33. The zero-order valence-corrected chi connectivity index (χ0v) is 16.2. The van der Waals surface area contributed by atoms with Crippen LogP contribution in [0.25, 0.3) is 0 Å². The Morgan fingerprint density at radius 2 is 1.77 bits per heavy atom. The number of anilines is 1. The van der Waals surface area contributed by atoms with E-state index in [9.17, 15) is 4.79 Å². The van der Waals surface area contributed by atoms with Gasteiger partial charge in [0.25, 0.3) is 0 Å². The van der Waals surface area contributed by atoms with Crippen LogP contribution in [0.3, 0.4) is 0 Å².